The van der Waals surface area contributed by atoms with Crippen molar-refractivity contribution < 1.29 is 22.7 Å². The van der Waals surface area contributed by atoms with Crippen LogP contribution in [0.2, 0.25) is 5.02 Å². The molecule has 1 aromatic heterocycles. The van der Waals surface area contributed by atoms with Gasteiger partial charge >= 0.3 is 5.97 Å². The summed E-state index contributed by atoms with van der Waals surface area (Å²) >= 11 is 7.53. The summed E-state index contributed by atoms with van der Waals surface area (Å²) in [6.07, 6.45) is 1.42. The van der Waals surface area contributed by atoms with E-state index in [0.29, 0.717) is 41.3 Å². The van der Waals surface area contributed by atoms with Crippen molar-refractivity contribution in [3.8, 4) is 0 Å². The fraction of sp³-hybridized carbons (Fsp3) is 0.375. The van der Waals surface area contributed by atoms with Crippen LogP contribution in [-0.4, -0.2) is 49.4 Å². The molecule has 0 aliphatic heterocycles. The molecule has 0 atom stereocenters. The molecule has 3 rings (SSSR count). The summed E-state index contributed by atoms with van der Waals surface area (Å²) in [6, 6.07) is 9.32. The highest BCUT2D eigenvalue weighted by molar-refractivity contribution is 7.89. The minimum absolute atomic E-state index is 0.129. The Kier molecular flexibility index (Phi) is 8.87. The van der Waals surface area contributed by atoms with Crippen LogP contribution in [0, 0.1) is 6.92 Å². The molecule has 0 radical (unpaired) electrons. The first kappa shape index (κ1) is 27.1. The predicted octanol–water partition coefficient (Wildman–Crippen LogP) is 4.39. The molecule has 1 heterocycles. The van der Waals surface area contributed by atoms with Crippen molar-refractivity contribution in [3.63, 3.8) is 0 Å². The number of aryl methyl sites for hydroxylation is 1. The molecular weight excluding hydrogens is 510 g/mol. The first-order valence-corrected chi connectivity index (χ1v) is 13.8. The molecular formula is C24H28ClN3O5S2. The van der Waals surface area contributed by atoms with E-state index in [4.69, 9.17) is 16.3 Å². The van der Waals surface area contributed by atoms with Gasteiger partial charge in [-0.2, -0.15) is 9.30 Å². The van der Waals surface area contributed by atoms with Crippen molar-refractivity contribution in [3.05, 3.63) is 57.3 Å². The molecule has 8 nitrogen and oxygen atoms in total. The van der Waals surface area contributed by atoms with Crippen molar-refractivity contribution in [2.75, 3.05) is 20.2 Å². The number of ether oxygens (including phenoxy) is 1. The van der Waals surface area contributed by atoms with Gasteiger partial charge in [0.2, 0.25) is 10.0 Å². The number of thiazole rings is 1. The van der Waals surface area contributed by atoms with Crippen molar-refractivity contribution in [2.24, 2.45) is 4.99 Å². The molecule has 0 aliphatic rings. The number of methoxy groups -OCH3 is 1. The molecule has 1 amide bonds. The van der Waals surface area contributed by atoms with E-state index in [2.05, 4.69) is 4.99 Å². The van der Waals surface area contributed by atoms with Crippen LogP contribution in [-0.2, 0) is 26.1 Å². The lowest BCUT2D eigenvalue weighted by Crippen LogP contribution is -2.32. The van der Waals surface area contributed by atoms with Gasteiger partial charge in [0.05, 0.1) is 22.2 Å². The molecule has 0 saturated carbocycles. The predicted molar refractivity (Wildman–Crippen MR) is 137 cm³/mol. The van der Waals surface area contributed by atoms with Gasteiger partial charge in [-0.25, -0.2) is 8.42 Å². The Hall–Kier alpha value is -2.53. The van der Waals surface area contributed by atoms with E-state index in [-0.39, 0.29) is 17.0 Å². The SMILES string of the molecule is CCCN(CCC)S(=O)(=O)c1ccc(C(=O)N=c2sc3ccc(Cl)c(C)c3n2CC(=O)OC)cc1. The number of hydrogen-bond acceptors (Lipinski definition) is 6. The monoisotopic (exact) mass is 537 g/mol. The Morgan fingerprint density at radius 1 is 1.09 bits per heavy atom. The van der Waals surface area contributed by atoms with Gasteiger partial charge in [0.1, 0.15) is 6.54 Å². The van der Waals surface area contributed by atoms with Gasteiger partial charge in [-0.05, 0) is 61.7 Å². The van der Waals surface area contributed by atoms with E-state index < -0.39 is 21.9 Å². The summed E-state index contributed by atoms with van der Waals surface area (Å²) in [4.78, 5) is 29.7. The van der Waals surface area contributed by atoms with E-state index in [9.17, 15) is 18.0 Å². The number of amides is 1. The number of aromatic nitrogens is 1. The van der Waals surface area contributed by atoms with Gasteiger partial charge in [-0.15, -0.1) is 0 Å². The second-order valence-electron chi connectivity index (χ2n) is 7.91. The van der Waals surface area contributed by atoms with Gasteiger partial charge in [0.15, 0.2) is 4.80 Å². The minimum atomic E-state index is -3.65. The van der Waals surface area contributed by atoms with Gasteiger partial charge in [0.25, 0.3) is 5.91 Å². The maximum Gasteiger partial charge on any atom is 0.325 e. The second kappa shape index (κ2) is 11.5. The molecule has 0 saturated heterocycles. The molecule has 35 heavy (non-hydrogen) atoms. The average molecular weight is 538 g/mol. The summed E-state index contributed by atoms with van der Waals surface area (Å²) in [6.45, 7) is 6.42. The van der Waals surface area contributed by atoms with Crippen LogP contribution in [0.25, 0.3) is 10.2 Å². The quantitative estimate of drug-likeness (QED) is 0.377. The number of halogens is 1. The summed E-state index contributed by atoms with van der Waals surface area (Å²) in [5.74, 6) is -1.04. The van der Waals surface area contributed by atoms with E-state index in [1.807, 2.05) is 26.8 Å². The molecule has 11 heteroatoms. The number of benzene rings is 2. The van der Waals surface area contributed by atoms with E-state index in [1.54, 1.807) is 10.6 Å². The standard InChI is InChI=1S/C24H28ClN3O5S2/c1-5-13-27(14-6-2)35(31,32)18-9-7-17(8-10-18)23(30)26-24-28(15-21(29)33-4)22-16(3)19(25)11-12-20(22)34-24/h7-12H,5-6,13-15H2,1-4H3. The largest absolute Gasteiger partial charge is 0.468 e. The molecule has 0 bridgehead atoms. The average Bonchev–Trinajstić information content (AvgIpc) is 3.18. The fourth-order valence-electron chi connectivity index (χ4n) is 3.66. The van der Waals surface area contributed by atoms with Crippen LogP contribution in [0.3, 0.4) is 0 Å². The van der Waals surface area contributed by atoms with Gasteiger partial charge in [0, 0.05) is 23.7 Å². The Bertz CT molecular complexity index is 1400. The smallest absolute Gasteiger partial charge is 0.325 e. The first-order chi connectivity index (χ1) is 16.6. The zero-order valence-corrected chi connectivity index (χ0v) is 22.5. The molecule has 0 fully saturated rings. The lowest BCUT2D eigenvalue weighted by atomic mass is 10.2. The molecule has 2 aromatic carbocycles. The molecule has 188 valence electrons. The maximum absolute atomic E-state index is 13.0. The molecule has 0 unspecified atom stereocenters. The van der Waals surface area contributed by atoms with Crippen molar-refractivity contribution in [2.45, 2.75) is 45.1 Å². The van der Waals surface area contributed by atoms with Crippen LogP contribution in [0.5, 0.6) is 0 Å². The Labute approximate surface area is 213 Å². The zero-order chi connectivity index (χ0) is 25.8. The highest BCUT2D eigenvalue weighted by Crippen LogP contribution is 2.27. The number of esters is 1. The lowest BCUT2D eigenvalue weighted by Gasteiger charge is -2.21. The number of carbonyl (C=O) groups excluding carboxylic acids is 2. The van der Waals surface area contributed by atoms with Crippen LogP contribution >= 0.6 is 22.9 Å². The van der Waals surface area contributed by atoms with Gasteiger partial charge < -0.3 is 9.30 Å². The van der Waals surface area contributed by atoms with Crippen LogP contribution in [0.4, 0.5) is 0 Å². The summed E-state index contributed by atoms with van der Waals surface area (Å²) in [5, 5.41) is 0.531. The normalized spacial score (nSPS) is 12.5. The number of sulfonamides is 1. The van der Waals surface area contributed by atoms with E-state index in [1.165, 1.54) is 47.0 Å². The zero-order valence-electron chi connectivity index (χ0n) is 20.1. The topological polar surface area (TPSA) is 98.0 Å². The van der Waals surface area contributed by atoms with Crippen LogP contribution in [0.1, 0.15) is 42.6 Å². The Balaban J connectivity index is 2.01. The summed E-state index contributed by atoms with van der Waals surface area (Å²) in [7, 11) is -2.36. The third-order valence-electron chi connectivity index (χ3n) is 5.43. The third-order valence-corrected chi connectivity index (χ3v) is 8.79. The van der Waals surface area contributed by atoms with Crippen LogP contribution < -0.4 is 4.80 Å². The van der Waals surface area contributed by atoms with Crippen molar-refractivity contribution in [1.82, 2.24) is 8.87 Å². The van der Waals surface area contributed by atoms with Gasteiger partial charge in [-0.1, -0.05) is 36.8 Å². The number of carbonyl (C=O) groups is 2. The number of rotatable bonds is 9. The highest BCUT2D eigenvalue weighted by Gasteiger charge is 2.23. The third kappa shape index (κ3) is 5.83. The summed E-state index contributed by atoms with van der Waals surface area (Å²) < 4.78 is 34.6. The van der Waals surface area contributed by atoms with Gasteiger partial charge in [-0.3, -0.25) is 9.59 Å². The molecule has 3 aromatic rings. The number of fused-ring (bicyclic) bond motifs is 1. The van der Waals surface area contributed by atoms with Crippen molar-refractivity contribution in [1.29, 1.82) is 0 Å². The Morgan fingerprint density at radius 3 is 2.29 bits per heavy atom. The van der Waals surface area contributed by atoms with E-state index >= 15 is 0 Å². The minimum Gasteiger partial charge on any atom is -0.468 e. The fourth-order valence-corrected chi connectivity index (χ4v) is 6.53. The van der Waals surface area contributed by atoms with Crippen LogP contribution in [0.15, 0.2) is 46.3 Å². The molecule has 0 spiro atoms. The highest BCUT2D eigenvalue weighted by atomic mass is 35.5. The molecule has 0 N–H and O–H groups in total. The number of nitrogens with zero attached hydrogens (tertiary/aromatic N) is 3. The number of hydrogen-bond donors (Lipinski definition) is 0. The maximum atomic E-state index is 13.0. The van der Waals surface area contributed by atoms with Crippen molar-refractivity contribution >= 4 is 55.1 Å². The summed E-state index contributed by atoms with van der Waals surface area (Å²) in [5.41, 5.74) is 1.70. The Morgan fingerprint density at radius 2 is 1.71 bits per heavy atom. The van der Waals surface area contributed by atoms with E-state index in [0.717, 1.165) is 10.3 Å². The second-order valence-corrected chi connectivity index (χ2v) is 11.3. The first-order valence-electron chi connectivity index (χ1n) is 11.2. The lowest BCUT2D eigenvalue weighted by molar-refractivity contribution is -0.141. The molecule has 0 aliphatic carbocycles.